The summed E-state index contributed by atoms with van der Waals surface area (Å²) in [7, 11) is 0. The molecular weight excluding hydrogens is 402 g/mol. The lowest BCUT2D eigenvalue weighted by atomic mass is 9.90. The first-order chi connectivity index (χ1) is 13.1. The van der Waals surface area contributed by atoms with Gasteiger partial charge in [0.25, 0.3) is 5.91 Å². The summed E-state index contributed by atoms with van der Waals surface area (Å²) in [4.78, 5) is 11.6. The van der Waals surface area contributed by atoms with Gasteiger partial charge in [0.15, 0.2) is 0 Å². The molecule has 6 N–H and O–H groups in total. The van der Waals surface area contributed by atoms with Gasteiger partial charge in [-0.3, -0.25) is 4.79 Å². The summed E-state index contributed by atoms with van der Waals surface area (Å²) in [6.07, 6.45) is -9.59. The van der Waals surface area contributed by atoms with Crippen molar-refractivity contribution in [2.45, 2.75) is 44.6 Å². The second-order valence-electron chi connectivity index (χ2n) is 7.27. The molecular formula is C18H20F6N4O. The van der Waals surface area contributed by atoms with E-state index in [1.807, 2.05) is 6.92 Å². The summed E-state index contributed by atoms with van der Waals surface area (Å²) in [5.74, 6) is -1.83. The van der Waals surface area contributed by atoms with E-state index in [0.717, 1.165) is 12.1 Å². The van der Waals surface area contributed by atoms with Crippen molar-refractivity contribution in [3.8, 4) is 0 Å². The van der Waals surface area contributed by atoms with Crippen LogP contribution in [0.3, 0.4) is 0 Å². The molecule has 29 heavy (non-hydrogen) atoms. The van der Waals surface area contributed by atoms with E-state index in [9.17, 15) is 31.1 Å². The predicted molar refractivity (Wildman–Crippen MR) is 93.5 cm³/mol. The molecule has 1 unspecified atom stereocenters. The smallest absolute Gasteiger partial charge is 0.385 e. The van der Waals surface area contributed by atoms with Crippen molar-refractivity contribution in [3.05, 3.63) is 46.8 Å². The maximum Gasteiger partial charge on any atom is 0.416 e. The van der Waals surface area contributed by atoms with Gasteiger partial charge in [-0.05, 0) is 36.0 Å². The largest absolute Gasteiger partial charge is 0.416 e. The summed E-state index contributed by atoms with van der Waals surface area (Å²) in [6, 6.07) is 3.56. The Labute approximate surface area is 162 Å². The lowest BCUT2D eigenvalue weighted by molar-refractivity contribution is -0.137. The number of halogens is 6. The highest BCUT2D eigenvalue weighted by Gasteiger charge is 2.46. The molecule has 5 nitrogen and oxygen atoms in total. The van der Waals surface area contributed by atoms with Gasteiger partial charge in [-0.25, -0.2) is 0 Å². The van der Waals surface area contributed by atoms with Gasteiger partial charge in [-0.15, -0.1) is 0 Å². The highest BCUT2D eigenvalue weighted by Crippen LogP contribution is 2.54. The maximum absolute atomic E-state index is 12.8. The molecule has 160 valence electrons. The fourth-order valence-electron chi connectivity index (χ4n) is 2.97. The first-order valence-corrected chi connectivity index (χ1v) is 8.52. The minimum Gasteiger partial charge on any atom is -0.385 e. The number of carbonyl (C=O) groups is 1. The van der Waals surface area contributed by atoms with E-state index in [2.05, 4.69) is 5.32 Å². The van der Waals surface area contributed by atoms with Crippen LogP contribution in [0.2, 0.25) is 0 Å². The van der Waals surface area contributed by atoms with Crippen LogP contribution >= 0.6 is 0 Å². The number of amides is 1. The van der Waals surface area contributed by atoms with E-state index >= 15 is 0 Å². The first-order valence-electron chi connectivity index (χ1n) is 8.52. The van der Waals surface area contributed by atoms with E-state index in [0.29, 0.717) is 18.4 Å². The Balaban J connectivity index is 2.37. The van der Waals surface area contributed by atoms with Crippen molar-refractivity contribution < 1.29 is 31.1 Å². The number of rotatable bonds is 7. The lowest BCUT2D eigenvalue weighted by Crippen LogP contribution is -2.36. The Morgan fingerprint density at radius 3 is 2.03 bits per heavy atom. The van der Waals surface area contributed by atoms with Crippen LogP contribution in [0.15, 0.2) is 35.7 Å². The Hall–Kier alpha value is -2.72. The van der Waals surface area contributed by atoms with Crippen LogP contribution in [0.1, 0.15) is 43.4 Å². The number of alkyl halides is 6. The predicted octanol–water partition coefficient (Wildman–Crippen LogP) is 3.76. The fraction of sp³-hybridized carbons (Fsp3) is 0.444. The van der Waals surface area contributed by atoms with E-state index in [-0.39, 0.29) is 0 Å². The molecule has 0 heterocycles. The minimum atomic E-state index is -4.74. The Bertz CT molecular complexity index is 822. The highest BCUT2D eigenvalue weighted by molar-refractivity contribution is 6.20. The molecule has 0 aliphatic heterocycles. The van der Waals surface area contributed by atoms with Gasteiger partial charge in [0, 0.05) is 0 Å². The van der Waals surface area contributed by atoms with Crippen molar-refractivity contribution in [2.24, 2.45) is 16.9 Å². The molecule has 1 aliphatic carbocycles. The van der Waals surface area contributed by atoms with Gasteiger partial charge in [0.2, 0.25) is 0 Å². The third-order valence-corrected chi connectivity index (χ3v) is 4.80. The summed E-state index contributed by atoms with van der Waals surface area (Å²) in [5.41, 5.74) is 8.12. The van der Waals surface area contributed by atoms with Gasteiger partial charge >= 0.3 is 12.4 Å². The molecule has 0 spiro atoms. The molecule has 0 bridgehead atoms. The summed E-state index contributed by atoms with van der Waals surface area (Å²) < 4.78 is 76.1. The van der Waals surface area contributed by atoms with Crippen molar-refractivity contribution in [1.29, 1.82) is 5.41 Å². The van der Waals surface area contributed by atoms with Gasteiger partial charge in [-0.2, -0.15) is 26.3 Å². The van der Waals surface area contributed by atoms with Crippen molar-refractivity contribution >= 4 is 11.6 Å². The molecule has 0 saturated heterocycles. The zero-order chi connectivity index (χ0) is 22.2. The standard InChI is InChI=1S/C18H20F6N4O/c1-16(6-7-16)13(9-2-4-10(5-3-9)18(22,23)24)28-14(26)12(15(27)29)11(25)8-17(19,20)21/h2-5,13,25,28H,6-8,26H2,1H3,(H2,27,29)/b14-12+,25-11?. The zero-order valence-electron chi connectivity index (χ0n) is 15.3. The third kappa shape index (κ3) is 5.64. The monoisotopic (exact) mass is 422 g/mol. The topological polar surface area (TPSA) is 105 Å². The highest BCUT2D eigenvalue weighted by atomic mass is 19.4. The number of hydrogen-bond donors (Lipinski definition) is 4. The van der Waals surface area contributed by atoms with E-state index in [4.69, 9.17) is 16.9 Å². The number of carbonyl (C=O) groups excluding carboxylic acids is 1. The Morgan fingerprint density at radius 1 is 1.14 bits per heavy atom. The average molecular weight is 422 g/mol. The second kappa shape index (κ2) is 7.60. The number of hydrogen-bond acceptors (Lipinski definition) is 4. The van der Waals surface area contributed by atoms with Crippen LogP contribution in [-0.2, 0) is 11.0 Å². The van der Waals surface area contributed by atoms with Gasteiger partial charge in [0.1, 0.15) is 5.82 Å². The molecule has 0 aromatic heterocycles. The number of nitrogens with one attached hydrogen (secondary N) is 2. The molecule has 1 amide bonds. The molecule has 1 aromatic rings. The fourth-order valence-corrected chi connectivity index (χ4v) is 2.97. The van der Waals surface area contributed by atoms with Crippen molar-refractivity contribution in [2.75, 3.05) is 0 Å². The van der Waals surface area contributed by atoms with Crippen LogP contribution in [-0.4, -0.2) is 17.8 Å². The second-order valence-corrected chi connectivity index (χ2v) is 7.27. The van der Waals surface area contributed by atoms with Gasteiger partial charge in [-0.1, -0.05) is 19.1 Å². The quantitative estimate of drug-likeness (QED) is 0.305. The first kappa shape index (κ1) is 22.6. The molecule has 1 aromatic carbocycles. The van der Waals surface area contributed by atoms with Crippen LogP contribution in [0.25, 0.3) is 0 Å². The number of primary amides is 1. The van der Waals surface area contributed by atoms with Crippen molar-refractivity contribution in [3.63, 3.8) is 0 Å². The average Bonchev–Trinajstić information content (AvgIpc) is 3.28. The molecule has 1 fully saturated rings. The van der Waals surface area contributed by atoms with E-state index in [1.165, 1.54) is 12.1 Å². The Kier molecular flexibility index (Phi) is 5.91. The van der Waals surface area contributed by atoms with Gasteiger partial charge in [0.05, 0.1) is 29.3 Å². The maximum atomic E-state index is 12.8. The molecule has 11 heteroatoms. The third-order valence-electron chi connectivity index (χ3n) is 4.80. The van der Waals surface area contributed by atoms with Crippen LogP contribution in [0, 0.1) is 10.8 Å². The number of nitrogens with two attached hydrogens (primary N) is 2. The molecule has 1 atom stereocenters. The van der Waals surface area contributed by atoms with Crippen molar-refractivity contribution in [1.82, 2.24) is 5.32 Å². The van der Waals surface area contributed by atoms with E-state index in [1.54, 1.807) is 0 Å². The SMILES string of the molecule is CC1(C(N/C(N)=C(\C(=N)CC(F)(F)F)C(N)=O)c2ccc(C(F)(F)F)cc2)CC1. The lowest BCUT2D eigenvalue weighted by Gasteiger charge is -2.28. The summed E-state index contributed by atoms with van der Waals surface area (Å²) in [5, 5.41) is 10.3. The summed E-state index contributed by atoms with van der Waals surface area (Å²) in [6.45, 7) is 1.82. The van der Waals surface area contributed by atoms with Gasteiger partial charge < -0.3 is 22.2 Å². The Morgan fingerprint density at radius 2 is 1.66 bits per heavy atom. The number of benzene rings is 1. The summed E-state index contributed by atoms with van der Waals surface area (Å²) >= 11 is 0. The molecule has 0 radical (unpaired) electrons. The molecule has 1 aliphatic rings. The van der Waals surface area contributed by atoms with Crippen LogP contribution in [0.4, 0.5) is 26.3 Å². The normalized spacial score (nSPS) is 17.9. The minimum absolute atomic E-state index is 0.409. The van der Waals surface area contributed by atoms with E-state index < -0.39 is 58.8 Å². The molecule has 2 rings (SSSR count). The van der Waals surface area contributed by atoms with Crippen LogP contribution < -0.4 is 16.8 Å². The molecule has 1 saturated carbocycles. The zero-order valence-corrected chi connectivity index (χ0v) is 15.3. The van der Waals surface area contributed by atoms with Crippen LogP contribution in [0.5, 0.6) is 0 Å².